The lowest BCUT2D eigenvalue weighted by Crippen LogP contribution is -2.28. The van der Waals surface area contributed by atoms with E-state index in [1.165, 1.54) is 0 Å². The number of hydrogen-bond donors (Lipinski definition) is 2. The van der Waals surface area contributed by atoms with Crippen molar-refractivity contribution >= 4 is 0 Å². The van der Waals surface area contributed by atoms with Crippen molar-refractivity contribution in [3.05, 3.63) is 0 Å². The van der Waals surface area contributed by atoms with Gasteiger partial charge in [0.25, 0.3) is 0 Å². The summed E-state index contributed by atoms with van der Waals surface area (Å²) in [6, 6.07) is 0. The third kappa shape index (κ3) is 1.95. The van der Waals surface area contributed by atoms with E-state index in [2.05, 4.69) is 6.92 Å². The maximum absolute atomic E-state index is 9.09. The van der Waals surface area contributed by atoms with Crippen molar-refractivity contribution in [2.75, 3.05) is 0 Å². The molecule has 1 saturated carbocycles. The Bertz CT molecular complexity index is 67.9. The van der Waals surface area contributed by atoms with Gasteiger partial charge in [-0.05, 0) is 25.2 Å². The lowest BCUT2D eigenvalue weighted by Gasteiger charge is -2.26. The van der Waals surface area contributed by atoms with Gasteiger partial charge in [-0.25, -0.2) is 0 Å². The van der Waals surface area contributed by atoms with Gasteiger partial charge >= 0.3 is 0 Å². The zero-order valence-corrected chi connectivity index (χ0v) is 5.75. The van der Waals surface area contributed by atoms with Crippen LogP contribution in [0.3, 0.4) is 0 Å². The lowest BCUT2D eigenvalue weighted by molar-refractivity contribution is 0.0186. The molecular weight excluding hydrogens is 116 g/mol. The number of rotatable bonds is 0. The van der Waals surface area contributed by atoms with Crippen LogP contribution in [0.4, 0.5) is 0 Å². The van der Waals surface area contributed by atoms with Crippen molar-refractivity contribution < 1.29 is 10.2 Å². The van der Waals surface area contributed by atoms with Gasteiger partial charge in [0.2, 0.25) is 0 Å². The highest BCUT2D eigenvalue weighted by atomic mass is 16.3. The fraction of sp³-hybridized carbons (Fsp3) is 1.00. The first-order chi connectivity index (χ1) is 4.18. The molecule has 0 amide bonds. The zero-order chi connectivity index (χ0) is 6.85. The van der Waals surface area contributed by atoms with Crippen LogP contribution in [0.15, 0.2) is 0 Å². The Hall–Kier alpha value is -0.0800. The van der Waals surface area contributed by atoms with Crippen LogP contribution in [0.5, 0.6) is 0 Å². The molecule has 0 heterocycles. The Balaban J connectivity index is 2.34. The van der Waals surface area contributed by atoms with Crippen LogP contribution in [0.2, 0.25) is 0 Å². The lowest BCUT2D eigenvalue weighted by atomic mass is 9.87. The second-order valence-electron chi connectivity index (χ2n) is 3.12. The van der Waals surface area contributed by atoms with Crippen LogP contribution in [0.1, 0.15) is 26.2 Å². The van der Waals surface area contributed by atoms with Crippen LogP contribution in [-0.2, 0) is 0 Å². The first-order valence-corrected chi connectivity index (χ1v) is 3.54. The molecule has 1 aliphatic carbocycles. The molecular formula is C7H14O2. The summed E-state index contributed by atoms with van der Waals surface area (Å²) in [6.45, 7) is 2.06. The molecule has 0 spiro atoms. The van der Waals surface area contributed by atoms with Crippen LogP contribution < -0.4 is 0 Å². The SMILES string of the molecule is CC1CC(O)CC(O)C1. The Labute approximate surface area is 55.5 Å². The molecule has 9 heavy (non-hydrogen) atoms. The van der Waals surface area contributed by atoms with Crippen molar-refractivity contribution in [1.82, 2.24) is 0 Å². The van der Waals surface area contributed by atoms with E-state index in [-0.39, 0.29) is 12.2 Å². The van der Waals surface area contributed by atoms with Gasteiger partial charge in [-0.15, -0.1) is 0 Å². The Kier molecular flexibility index (Phi) is 2.09. The summed E-state index contributed by atoms with van der Waals surface area (Å²) in [5.74, 6) is 0.490. The molecule has 2 atom stereocenters. The van der Waals surface area contributed by atoms with Crippen LogP contribution in [0.25, 0.3) is 0 Å². The predicted molar refractivity (Wildman–Crippen MR) is 35.0 cm³/mol. The van der Waals surface area contributed by atoms with Crippen LogP contribution in [-0.4, -0.2) is 22.4 Å². The molecule has 2 heteroatoms. The topological polar surface area (TPSA) is 40.5 Å². The molecule has 1 fully saturated rings. The largest absolute Gasteiger partial charge is 0.393 e. The van der Waals surface area contributed by atoms with Gasteiger partial charge in [-0.2, -0.15) is 0 Å². The third-order valence-electron chi connectivity index (χ3n) is 1.89. The summed E-state index contributed by atoms with van der Waals surface area (Å²) < 4.78 is 0. The van der Waals surface area contributed by atoms with Gasteiger partial charge in [0.15, 0.2) is 0 Å². The molecule has 0 aliphatic heterocycles. The molecule has 54 valence electrons. The van der Waals surface area contributed by atoms with E-state index >= 15 is 0 Å². The Morgan fingerprint density at radius 2 is 1.44 bits per heavy atom. The molecule has 0 bridgehead atoms. The highest BCUT2D eigenvalue weighted by molar-refractivity contribution is 4.74. The van der Waals surface area contributed by atoms with E-state index in [0.29, 0.717) is 12.3 Å². The van der Waals surface area contributed by atoms with Crippen molar-refractivity contribution in [3.63, 3.8) is 0 Å². The van der Waals surface area contributed by atoms with E-state index < -0.39 is 0 Å². The first-order valence-electron chi connectivity index (χ1n) is 3.54. The molecule has 0 aromatic rings. The summed E-state index contributed by atoms with van der Waals surface area (Å²) in [6.07, 6.45) is 1.77. The quantitative estimate of drug-likeness (QED) is 0.502. The van der Waals surface area contributed by atoms with E-state index in [9.17, 15) is 0 Å². The zero-order valence-electron chi connectivity index (χ0n) is 5.75. The maximum Gasteiger partial charge on any atom is 0.0567 e. The van der Waals surface area contributed by atoms with Crippen molar-refractivity contribution in [2.24, 2.45) is 5.92 Å². The highest BCUT2D eigenvalue weighted by Gasteiger charge is 2.22. The minimum atomic E-state index is -0.260. The fourth-order valence-electron chi connectivity index (χ4n) is 1.53. The highest BCUT2D eigenvalue weighted by Crippen LogP contribution is 2.23. The minimum absolute atomic E-state index is 0.260. The molecule has 0 radical (unpaired) electrons. The third-order valence-corrected chi connectivity index (χ3v) is 1.89. The summed E-state index contributed by atoms with van der Waals surface area (Å²) in [5.41, 5.74) is 0. The summed E-state index contributed by atoms with van der Waals surface area (Å²) in [4.78, 5) is 0. The van der Waals surface area contributed by atoms with Crippen LogP contribution >= 0.6 is 0 Å². The van der Waals surface area contributed by atoms with Crippen molar-refractivity contribution in [3.8, 4) is 0 Å². The normalized spacial score (nSPS) is 45.0. The van der Waals surface area contributed by atoms with Gasteiger partial charge in [-0.1, -0.05) is 6.92 Å². The van der Waals surface area contributed by atoms with E-state index in [0.717, 1.165) is 12.8 Å². The second kappa shape index (κ2) is 2.67. The predicted octanol–water partition coefficient (Wildman–Crippen LogP) is 0.528. The van der Waals surface area contributed by atoms with Gasteiger partial charge < -0.3 is 10.2 Å². The molecule has 0 aromatic carbocycles. The van der Waals surface area contributed by atoms with Gasteiger partial charge in [0.05, 0.1) is 12.2 Å². The number of hydrogen-bond acceptors (Lipinski definition) is 2. The molecule has 2 unspecified atom stereocenters. The fourth-order valence-corrected chi connectivity index (χ4v) is 1.53. The minimum Gasteiger partial charge on any atom is -0.393 e. The standard InChI is InChI=1S/C7H14O2/c1-5-2-6(8)4-7(9)3-5/h5-9H,2-4H2,1H3. The molecule has 1 rings (SSSR count). The average molecular weight is 130 g/mol. The van der Waals surface area contributed by atoms with Crippen LogP contribution in [0, 0.1) is 5.92 Å². The monoisotopic (exact) mass is 130 g/mol. The molecule has 2 N–H and O–H groups in total. The van der Waals surface area contributed by atoms with Gasteiger partial charge in [0, 0.05) is 0 Å². The van der Waals surface area contributed by atoms with Gasteiger partial charge in [-0.3, -0.25) is 0 Å². The smallest absolute Gasteiger partial charge is 0.0567 e. The van der Waals surface area contributed by atoms with Crippen molar-refractivity contribution in [1.29, 1.82) is 0 Å². The maximum atomic E-state index is 9.09. The van der Waals surface area contributed by atoms with E-state index in [1.807, 2.05) is 0 Å². The summed E-state index contributed by atoms with van der Waals surface area (Å²) in [5, 5.41) is 18.2. The average Bonchev–Trinajstić information content (AvgIpc) is 1.59. The summed E-state index contributed by atoms with van der Waals surface area (Å²) in [7, 11) is 0. The molecule has 2 nitrogen and oxygen atoms in total. The van der Waals surface area contributed by atoms with E-state index in [1.54, 1.807) is 0 Å². The van der Waals surface area contributed by atoms with E-state index in [4.69, 9.17) is 10.2 Å². The number of aliphatic hydroxyl groups excluding tert-OH is 2. The van der Waals surface area contributed by atoms with Crippen molar-refractivity contribution in [2.45, 2.75) is 38.4 Å². The Morgan fingerprint density at radius 3 is 1.78 bits per heavy atom. The second-order valence-corrected chi connectivity index (χ2v) is 3.12. The first kappa shape index (κ1) is 7.03. The number of aliphatic hydroxyl groups is 2. The summed E-state index contributed by atoms with van der Waals surface area (Å²) >= 11 is 0. The Morgan fingerprint density at radius 1 is 1.00 bits per heavy atom. The molecule has 1 aliphatic rings. The molecule has 0 saturated heterocycles. The van der Waals surface area contributed by atoms with Gasteiger partial charge in [0.1, 0.15) is 0 Å². The molecule has 0 aromatic heterocycles.